The molecular weight excluding hydrogens is 259 g/mol. The quantitative estimate of drug-likeness (QED) is 0.902. The van der Waals surface area contributed by atoms with Gasteiger partial charge in [-0.25, -0.2) is 0 Å². The fraction of sp³-hybridized carbons (Fsp3) is 0.500. The molecule has 0 aliphatic carbocycles. The molecule has 106 valence electrons. The van der Waals surface area contributed by atoms with Crippen molar-refractivity contribution >= 4 is 5.91 Å². The van der Waals surface area contributed by atoms with Gasteiger partial charge in [-0.15, -0.1) is 0 Å². The van der Waals surface area contributed by atoms with E-state index in [0.29, 0.717) is 13.3 Å². The van der Waals surface area contributed by atoms with E-state index in [2.05, 4.69) is 4.98 Å². The van der Waals surface area contributed by atoms with E-state index in [-0.39, 0.29) is 6.54 Å². The molecule has 0 aromatic carbocycles. The molecule has 0 aliphatic rings. The molecule has 1 aromatic heterocycles. The third-order valence-corrected chi connectivity index (χ3v) is 2.87. The van der Waals surface area contributed by atoms with Gasteiger partial charge in [-0.3, -0.25) is 9.78 Å². The van der Waals surface area contributed by atoms with Crippen LogP contribution >= 0.6 is 0 Å². The number of hydrogen-bond donors (Lipinski definition) is 1. The zero-order valence-corrected chi connectivity index (χ0v) is 10.7. The minimum atomic E-state index is -4.77. The van der Waals surface area contributed by atoms with Gasteiger partial charge in [-0.05, 0) is 31.0 Å². The van der Waals surface area contributed by atoms with Crippen molar-refractivity contribution in [3.63, 3.8) is 0 Å². The first kappa shape index (κ1) is 15.4. The van der Waals surface area contributed by atoms with Crippen molar-refractivity contribution in [3.05, 3.63) is 30.1 Å². The summed E-state index contributed by atoms with van der Waals surface area (Å²) in [6, 6.07) is 3.48. The third-order valence-electron chi connectivity index (χ3n) is 2.87. The van der Waals surface area contributed by atoms with E-state index in [1.807, 2.05) is 0 Å². The second-order valence-corrected chi connectivity index (χ2v) is 4.53. The average Bonchev–Trinajstić information content (AvgIpc) is 2.34. The van der Waals surface area contributed by atoms with Crippen LogP contribution in [0.3, 0.4) is 0 Å². The highest BCUT2D eigenvalue weighted by molar-refractivity contribution is 5.86. The fourth-order valence-corrected chi connectivity index (χ4v) is 1.47. The lowest BCUT2D eigenvalue weighted by Gasteiger charge is -2.30. The number of pyridine rings is 1. The van der Waals surface area contributed by atoms with Crippen LogP contribution in [-0.2, 0) is 11.2 Å². The van der Waals surface area contributed by atoms with Crippen LogP contribution in [-0.4, -0.2) is 41.1 Å². The van der Waals surface area contributed by atoms with E-state index < -0.39 is 17.6 Å². The van der Waals surface area contributed by atoms with Gasteiger partial charge in [0.15, 0.2) is 5.54 Å². The highest BCUT2D eigenvalue weighted by Gasteiger charge is 2.54. The Labute approximate surface area is 109 Å². The Kier molecular flexibility index (Phi) is 4.52. The van der Waals surface area contributed by atoms with Gasteiger partial charge < -0.3 is 10.6 Å². The molecule has 0 aliphatic heterocycles. The molecule has 2 N–H and O–H groups in total. The van der Waals surface area contributed by atoms with Crippen LogP contribution in [0.4, 0.5) is 13.2 Å². The lowest BCUT2D eigenvalue weighted by molar-refractivity contribution is -0.192. The summed E-state index contributed by atoms with van der Waals surface area (Å²) >= 11 is 0. The number of nitrogens with zero attached hydrogens (tertiary/aromatic N) is 2. The average molecular weight is 275 g/mol. The van der Waals surface area contributed by atoms with Gasteiger partial charge in [0, 0.05) is 26.0 Å². The standard InChI is InChI=1S/C12H16F3N3O/c1-11(16,12(13,14)15)10(19)18(2)8-5-9-3-6-17-7-4-9/h3-4,6-7H,5,8,16H2,1-2H3. The molecule has 0 fully saturated rings. The third kappa shape index (κ3) is 3.66. The summed E-state index contributed by atoms with van der Waals surface area (Å²) in [7, 11) is 1.31. The van der Waals surface area contributed by atoms with E-state index in [4.69, 9.17) is 5.73 Å². The lowest BCUT2D eigenvalue weighted by atomic mass is 10.0. The maximum absolute atomic E-state index is 12.6. The van der Waals surface area contributed by atoms with Crippen molar-refractivity contribution in [2.45, 2.75) is 25.1 Å². The van der Waals surface area contributed by atoms with Crippen LogP contribution in [0.1, 0.15) is 12.5 Å². The number of aromatic nitrogens is 1. The van der Waals surface area contributed by atoms with Crippen LogP contribution in [0.15, 0.2) is 24.5 Å². The topological polar surface area (TPSA) is 59.2 Å². The highest BCUT2D eigenvalue weighted by atomic mass is 19.4. The van der Waals surface area contributed by atoms with E-state index in [0.717, 1.165) is 10.5 Å². The monoisotopic (exact) mass is 275 g/mol. The first-order valence-electron chi connectivity index (χ1n) is 5.66. The maximum Gasteiger partial charge on any atom is 0.415 e. The Morgan fingerprint density at radius 1 is 1.37 bits per heavy atom. The summed E-state index contributed by atoms with van der Waals surface area (Å²) in [6.45, 7) is 0.837. The zero-order valence-electron chi connectivity index (χ0n) is 10.7. The molecule has 1 heterocycles. The minimum absolute atomic E-state index is 0.158. The molecule has 0 saturated carbocycles. The number of amides is 1. The van der Waals surface area contributed by atoms with Crippen molar-refractivity contribution in [2.75, 3.05) is 13.6 Å². The molecule has 1 aromatic rings. The Morgan fingerprint density at radius 2 is 1.89 bits per heavy atom. The molecule has 1 rings (SSSR count). The molecule has 0 radical (unpaired) electrons. The van der Waals surface area contributed by atoms with Crippen molar-refractivity contribution in [1.82, 2.24) is 9.88 Å². The highest BCUT2D eigenvalue weighted by Crippen LogP contribution is 2.29. The summed E-state index contributed by atoms with van der Waals surface area (Å²) in [5, 5.41) is 0. The largest absolute Gasteiger partial charge is 0.415 e. The number of alkyl halides is 3. The van der Waals surface area contributed by atoms with Gasteiger partial charge in [0.2, 0.25) is 0 Å². The van der Waals surface area contributed by atoms with Gasteiger partial charge in [0.05, 0.1) is 0 Å². The lowest BCUT2D eigenvalue weighted by Crippen LogP contribution is -2.61. The molecule has 0 bridgehead atoms. The number of carbonyl (C=O) groups excluding carboxylic acids is 1. The van der Waals surface area contributed by atoms with Gasteiger partial charge >= 0.3 is 6.18 Å². The summed E-state index contributed by atoms with van der Waals surface area (Å²) in [4.78, 5) is 16.5. The molecule has 1 unspecified atom stereocenters. The number of nitrogens with two attached hydrogens (primary N) is 1. The van der Waals surface area contributed by atoms with Crippen molar-refractivity contribution in [3.8, 4) is 0 Å². The Hall–Kier alpha value is -1.63. The second-order valence-electron chi connectivity index (χ2n) is 4.53. The molecule has 1 atom stereocenters. The van der Waals surface area contributed by atoms with Crippen LogP contribution in [0.25, 0.3) is 0 Å². The fourth-order valence-electron chi connectivity index (χ4n) is 1.47. The number of halogens is 3. The molecule has 1 amide bonds. The first-order valence-corrected chi connectivity index (χ1v) is 5.66. The number of carbonyl (C=O) groups is 1. The predicted octanol–water partition coefficient (Wildman–Crippen LogP) is 1.36. The minimum Gasteiger partial charge on any atom is -0.344 e. The normalized spacial score (nSPS) is 14.8. The van der Waals surface area contributed by atoms with Crippen LogP contribution in [0, 0.1) is 0 Å². The van der Waals surface area contributed by atoms with E-state index in [9.17, 15) is 18.0 Å². The van der Waals surface area contributed by atoms with Gasteiger partial charge in [-0.2, -0.15) is 13.2 Å². The van der Waals surface area contributed by atoms with Crippen LogP contribution in [0.2, 0.25) is 0 Å². The summed E-state index contributed by atoms with van der Waals surface area (Å²) in [6.07, 6.45) is -1.16. The summed E-state index contributed by atoms with van der Waals surface area (Å²) < 4.78 is 37.9. The van der Waals surface area contributed by atoms with Crippen LogP contribution < -0.4 is 5.73 Å². The molecule has 0 spiro atoms. The van der Waals surface area contributed by atoms with Crippen molar-refractivity contribution < 1.29 is 18.0 Å². The Bertz CT molecular complexity index is 432. The SMILES string of the molecule is CN(CCc1ccncc1)C(=O)C(C)(N)C(F)(F)F. The van der Waals surface area contributed by atoms with Crippen molar-refractivity contribution in [2.24, 2.45) is 5.73 Å². The van der Waals surface area contributed by atoms with Gasteiger partial charge in [0.1, 0.15) is 0 Å². The smallest absolute Gasteiger partial charge is 0.344 e. The van der Waals surface area contributed by atoms with Gasteiger partial charge in [-0.1, -0.05) is 0 Å². The van der Waals surface area contributed by atoms with E-state index in [1.165, 1.54) is 7.05 Å². The Morgan fingerprint density at radius 3 is 2.37 bits per heavy atom. The maximum atomic E-state index is 12.6. The summed E-state index contributed by atoms with van der Waals surface area (Å²) in [5.74, 6) is -1.14. The number of rotatable bonds is 4. The zero-order chi connectivity index (χ0) is 14.7. The molecular formula is C12H16F3N3O. The molecule has 0 saturated heterocycles. The van der Waals surface area contributed by atoms with E-state index >= 15 is 0 Å². The summed E-state index contributed by atoms with van der Waals surface area (Å²) in [5.41, 5.74) is 3.11. The number of hydrogen-bond acceptors (Lipinski definition) is 3. The van der Waals surface area contributed by atoms with Gasteiger partial charge in [0.25, 0.3) is 5.91 Å². The molecule has 4 nitrogen and oxygen atoms in total. The predicted molar refractivity (Wildman–Crippen MR) is 64.2 cm³/mol. The molecule has 19 heavy (non-hydrogen) atoms. The van der Waals surface area contributed by atoms with Crippen LogP contribution in [0.5, 0.6) is 0 Å². The van der Waals surface area contributed by atoms with E-state index in [1.54, 1.807) is 24.5 Å². The second kappa shape index (κ2) is 5.56. The van der Waals surface area contributed by atoms with Crippen molar-refractivity contribution in [1.29, 1.82) is 0 Å². The Balaban J connectivity index is 2.64. The number of likely N-dealkylation sites (N-methyl/N-ethyl adjacent to an activating group) is 1. The molecule has 7 heteroatoms. The first-order chi connectivity index (χ1) is 8.66.